The lowest BCUT2D eigenvalue weighted by atomic mass is 10.1. The van der Waals surface area contributed by atoms with Crippen LogP contribution in [0.25, 0.3) is 16.2 Å². The van der Waals surface area contributed by atoms with Crippen molar-refractivity contribution in [3.8, 4) is 11.3 Å². The van der Waals surface area contributed by atoms with E-state index in [4.69, 9.17) is 5.11 Å². The van der Waals surface area contributed by atoms with Gasteiger partial charge in [0.15, 0.2) is 4.96 Å². The molecule has 0 saturated carbocycles. The Bertz CT molecular complexity index is 835. The van der Waals surface area contributed by atoms with Crippen LogP contribution in [0.15, 0.2) is 35.8 Å². The van der Waals surface area contributed by atoms with Crippen LogP contribution in [0.2, 0.25) is 0 Å². The lowest BCUT2D eigenvalue weighted by Gasteiger charge is -1.96. The molecular formula is C13H9N3O4S. The largest absolute Gasteiger partial charge is 0.481 e. The number of carboxylic acids is 1. The second-order valence-corrected chi connectivity index (χ2v) is 5.22. The average Bonchev–Trinajstić information content (AvgIpc) is 3.00. The van der Waals surface area contributed by atoms with E-state index in [1.54, 1.807) is 28.1 Å². The van der Waals surface area contributed by atoms with Crippen LogP contribution >= 0.6 is 11.3 Å². The Kier molecular flexibility index (Phi) is 3.15. The maximum absolute atomic E-state index is 10.8. The Morgan fingerprint density at radius 2 is 2.10 bits per heavy atom. The summed E-state index contributed by atoms with van der Waals surface area (Å²) in [6, 6.07) is 6.09. The monoisotopic (exact) mass is 303 g/mol. The third-order valence-electron chi connectivity index (χ3n) is 2.99. The zero-order valence-corrected chi connectivity index (χ0v) is 11.4. The summed E-state index contributed by atoms with van der Waals surface area (Å²) in [6.07, 6.45) is 1.67. The van der Waals surface area contributed by atoms with Crippen LogP contribution in [0.4, 0.5) is 5.69 Å². The Balaban J connectivity index is 1.99. The highest BCUT2D eigenvalue weighted by atomic mass is 32.1. The fourth-order valence-electron chi connectivity index (χ4n) is 2.00. The van der Waals surface area contributed by atoms with Gasteiger partial charge in [0, 0.05) is 35.0 Å². The summed E-state index contributed by atoms with van der Waals surface area (Å²) in [5.41, 5.74) is 2.08. The van der Waals surface area contributed by atoms with Crippen molar-refractivity contribution in [2.45, 2.75) is 6.42 Å². The summed E-state index contributed by atoms with van der Waals surface area (Å²) in [5, 5.41) is 21.2. The molecule has 2 heterocycles. The Labute approximate surface area is 122 Å². The fraction of sp³-hybridized carbons (Fsp3) is 0.0769. The number of hydrogen-bond donors (Lipinski definition) is 1. The summed E-state index contributed by atoms with van der Waals surface area (Å²) in [6.45, 7) is 0. The smallest absolute Gasteiger partial charge is 0.309 e. The number of imidazole rings is 1. The Hall–Kier alpha value is -2.74. The normalized spacial score (nSPS) is 10.9. The zero-order valence-electron chi connectivity index (χ0n) is 10.6. The van der Waals surface area contributed by atoms with Gasteiger partial charge in [-0.05, 0) is 12.1 Å². The van der Waals surface area contributed by atoms with Gasteiger partial charge in [-0.25, -0.2) is 4.98 Å². The highest BCUT2D eigenvalue weighted by Crippen LogP contribution is 2.25. The summed E-state index contributed by atoms with van der Waals surface area (Å²) < 4.78 is 1.73. The molecule has 3 aromatic rings. The number of non-ortho nitro benzene ring substituents is 1. The average molecular weight is 303 g/mol. The van der Waals surface area contributed by atoms with Crippen LogP contribution in [0.1, 0.15) is 5.69 Å². The van der Waals surface area contributed by atoms with Crippen LogP contribution in [-0.2, 0) is 11.2 Å². The molecule has 7 nitrogen and oxygen atoms in total. The molecule has 0 atom stereocenters. The minimum Gasteiger partial charge on any atom is -0.481 e. The molecule has 1 aromatic carbocycles. The maximum atomic E-state index is 10.8. The highest BCUT2D eigenvalue weighted by Gasteiger charge is 2.12. The van der Waals surface area contributed by atoms with Crippen LogP contribution < -0.4 is 0 Å². The van der Waals surface area contributed by atoms with E-state index in [2.05, 4.69) is 4.98 Å². The van der Waals surface area contributed by atoms with Crippen molar-refractivity contribution in [2.75, 3.05) is 0 Å². The standard InChI is InChI=1S/C13H9N3O4S/c17-12(18)5-10-7-21-13-14-11(6-15(10)13)8-1-3-9(4-2-8)16(19)20/h1-4,6-7H,5H2,(H,17,18). The van der Waals surface area contributed by atoms with Gasteiger partial charge in [-0.3, -0.25) is 19.3 Å². The molecule has 21 heavy (non-hydrogen) atoms. The summed E-state index contributed by atoms with van der Waals surface area (Å²) in [4.78, 5) is 26.1. The first-order valence-electron chi connectivity index (χ1n) is 5.96. The molecule has 0 aliphatic rings. The van der Waals surface area contributed by atoms with E-state index in [1.165, 1.54) is 23.5 Å². The van der Waals surface area contributed by atoms with Gasteiger partial charge in [-0.15, -0.1) is 11.3 Å². The molecule has 0 fully saturated rings. The van der Waals surface area contributed by atoms with E-state index in [0.717, 1.165) is 5.56 Å². The number of fused-ring (bicyclic) bond motifs is 1. The fourth-order valence-corrected chi connectivity index (χ4v) is 2.88. The quantitative estimate of drug-likeness (QED) is 0.590. The molecule has 0 saturated heterocycles. The van der Waals surface area contributed by atoms with Gasteiger partial charge >= 0.3 is 5.97 Å². The van der Waals surface area contributed by atoms with E-state index in [1.807, 2.05) is 0 Å². The molecule has 0 unspecified atom stereocenters. The third kappa shape index (κ3) is 2.48. The van der Waals surface area contributed by atoms with Crippen molar-refractivity contribution >= 4 is 28.0 Å². The van der Waals surface area contributed by atoms with Gasteiger partial charge < -0.3 is 5.11 Å². The minimum absolute atomic E-state index is 0.0198. The van der Waals surface area contributed by atoms with Crippen molar-refractivity contribution in [3.63, 3.8) is 0 Å². The van der Waals surface area contributed by atoms with Gasteiger partial charge in [0.25, 0.3) is 5.69 Å². The molecular weight excluding hydrogens is 294 g/mol. The predicted octanol–water partition coefficient (Wildman–Crippen LogP) is 2.60. The zero-order chi connectivity index (χ0) is 15.0. The van der Waals surface area contributed by atoms with Gasteiger partial charge in [-0.1, -0.05) is 0 Å². The van der Waals surface area contributed by atoms with Gasteiger partial charge in [0.1, 0.15) is 0 Å². The lowest BCUT2D eigenvalue weighted by molar-refractivity contribution is -0.384. The minimum atomic E-state index is -0.903. The first-order valence-corrected chi connectivity index (χ1v) is 6.84. The molecule has 0 aliphatic heterocycles. The number of benzene rings is 1. The van der Waals surface area contributed by atoms with Crippen LogP contribution in [-0.4, -0.2) is 25.4 Å². The third-order valence-corrected chi connectivity index (χ3v) is 3.88. The topological polar surface area (TPSA) is 97.7 Å². The van der Waals surface area contributed by atoms with Gasteiger partial charge in [0.05, 0.1) is 17.0 Å². The van der Waals surface area contributed by atoms with Crippen molar-refractivity contribution in [2.24, 2.45) is 0 Å². The molecule has 1 N–H and O–H groups in total. The second-order valence-electron chi connectivity index (χ2n) is 4.38. The molecule has 0 amide bonds. The first-order chi connectivity index (χ1) is 10.0. The molecule has 106 valence electrons. The van der Waals surface area contributed by atoms with E-state index in [9.17, 15) is 14.9 Å². The predicted molar refractivity (Wildman–Crippen MR) is 76.5 cm³/mol. The number of aromatic nitrogens is 2. The molecule has 0 spiro atoms. The number of nitro benzene ring substituents is 1. The Morgan fingerprint density at radius 3 is 2.71 bits per heavy atom. The van der Waals surface area contributed by atoms with Crippen molar-refractivity contribution in [1.82, 2.24) is 9.38 Å². The number of aliphatic carboxylic acids is 1. The molecule has 0 bridgehead atoms. The van der Waals surface area contributed by atoms with Crippen molar-refractivity contribution < 1.29 is 14.8 Å². The van der Waals surface area contributed by atoms with Gasteiger partial charge in [0.2, 0.25) is 0 Å². The van der Waals surface area contributed by atoms with Crippen molar-refractivity contribution in [1.29, 1.82) is 0 Å². The summed E-state index contributed by atoms with van der Waals surface area (Å²) >= 11 is 1.36. The lowest BCUT2D eigenvalue weighted by Crippen LogP contribution is -2.02. The highest BCUT2D eigenvalue weighted by molar-refractivity contribution is 7.15. The van der Waals surface area contributed by atoms with Crippen LogP contribution in [0, 0.1) is 10.1 Å². The Morgan fingerprint density at radius 1 is 1.38 bits per heavy atom. The van der Waals surface area contributed by atoms with E-state index < -0.39 is 10.9 Å². The van der Waals surface area contributed by atoms with E-state index >= 15 is 0 Å². The van der Waals surface area contributed by atoms with E-state index in [0.29, 0.717) is 16.3 Å². The van der Waals surface area contributed by atoms with Crippen LogP contribution in [0.5, 0.6) is 0 Å². The summed E-state index contributed by atoms with van der Waals surface area (Å²) in [7, 11) is 0. The van der Waals surface area contributed by atoms with Crippen molar-refractivity contribution in [3.05, 3.63) is 51.7 Å². The second kappa shape index (κ2) is 4.98. The molecule has 2 aromatic heterocycles. The first kappa shape index (κ1) is 13.3. The number of carboxylic acid groups (broad SMARTS) is 1. The maximum Gasteiger partial charge on any atom is 0.309 e. The molecule has 3 rings (SSSR count). The number of nitro groups is 1. The number of carbonyl (C=O) groups is 1. The number of hydrogen-bond acceptors (Lipinski definition) is 5. The van der Waals surface area contributed by atoms with E-state index in [-0.39, 0.29) is 12.1 Å². The number of nitrogens with zero attached hydrogens (tertiary/aromatic N) is 3. The van der Waals surface area contributed by atoms with Crippen LogP contribution in [0.3, 0.4) is 0 Å². The number of thiazole rings is 1. The molecule has 8 heteroatoms. The molecule has 0 aliphatic carbocycles. The molecule has 0 radical (unpaired) electrons. The summed E-state index contributed by atoms with van der Waals surface area (Å²) in [5.74, 6) is -0.903. The van der Waals surface area contributed by atoms with Gasteiger partial charge in [-0.2, -0.15) is 0 Å². The SMILES string of the molecule is O=C(O)Cc1csc2nc(-c3ccc([N+](=O)[O-])cc3)cn12. The number of rotatable bonds is 4.